The van der Waals surface area contributed by atoms with Gasteiger partial charge in [-0.25, -0.2) is 4.79 Å². The average Bonchev–Trinajstić information content (AvgIpc) is 2.60. The van der Waals surface area contributed by atoms with E-state index in [1.807, 2.05) is 0 Å². The molecule has 0 aromatic rings. The molecular weight excluding hydrogens is 152 g/mol. The van der Waals surface area contributed by atoms with Crippen LogP contribution in [0.4, 0.5) is 0 Å². The lowest BCUT2D eigenvalue weighted by Gasteiger charge is -2.15. The minimum absolute atomic E-state index is 0.391. The molecule has 0 aromatic heterocycles. The number of allylic oxidation sites excluding steroid dienone is 1. The van der Waals surface area contributed by atoms with Crippen LogP contribution < -0.4 is 0 Å². The molecular formula is C10H14O2. The number of carboxylic acids is 1. The summed E-state index contributed by atoms with van der Waals surface area (Å²) in [5, 5.41) is 8.98. The lowest BCUT2D eigenvalue weighted by molar-refractivity contribution is -0.133. The zero-order chi connectivity index (χ0) is 8.72. The van der Waals surface area contributed by atoms with Crippen molar-refractivity contribution in [3.05, 3.63) is 11.1 Å². The number of hydrogen-bond acceptors (Lipinski definition) is 1. The van der Waals surface area contributed by atoms with Gasteiger partial charge in [0.05, 0.1) is 0 Å². The topological polar surface area (TPSA) is 37.3 Å². The van der Waals surface area contributed by atoms with Gasteiger partial charge < -0.3 is 5.11 Å². The largest absolute Gasteiger partial charge is 0.478 e. The van der Waals surface area contributed by atoms with Crippen molar-refractivity contribution >= 4 is 5.97 Å². The van der Waals surface area contributed by atoms with E-state index in [4.69, 9.17) is 5.11 Å². The van der Waals surface area contributed by atoms with E-state index >= 15 is 0 Å². The lowest BCUT2D eigenvalue weighted by Crippen LogP contribution is -2.11. The Balaban J connectivity index is 2.37. The Hall–Kier alpha value is -0.790. The van der Waals surface area contributed by atoms with Crippen LogP contribution in [0.15, 0.2) is 11.1 Å². The standard InChI is InChI=1S/C10H14O2/c1-2-8-6-3-4-7(5-6)9(8)10(11)12/h6-7H,2-5H2,1H3,(H,11,12). The Kier molecular flexibility index (Phi) is 1.71. The van der Waals surface area contributed by atoms with E-state index in [9.17, 15) is 4.79 Å². The Bertz CT molecular complexity index is 253. The molecule has 0 aromatic carbocycles. The maximum atomic E-state index is 10.9. The number of rotatable bonds is 2. The first-order valence-electron chi connectivity index (χ1n) is 4.70. The van der Waals surface area contributed by atoms with E-state index in [0.29, 0.717) is 11.8 Å². The highest BCUT2D eigenvalue weighted by molar-refractivity contribution is 5.89. The van der Waals surface area contributed by atoms with Crippen LogP contribution in [0.3, 0.4) is 0 Å². The molecule has 0 amide bonds. The SMILES string of the molecule is CCC1=C(C(=O)O)C2CCC1C2. The number of hydrogen-bond donors (Lipinski definition) is 1. The van der Waals surface area contributed by atoms with Crippen molar-refractivity contribution in [2.24, 2.45) is 11.8 Å². The Labute approximate surface area is 72.3 Å². The molecule has 12 heavy (non-hydrogen) atoms. The van der Waals surface area contributed by atoms with E-state index in [1.165, 1.54) is 12.0 Å². The predicted molar refractivity (Wildman–Crippen MR) is 45.8 cm³/mol. The summed E-state index contributed by atoms with van der Waals surface area (Å²) in [5.74, 6) is 0.340. The predicted octanol–water partition coefficient (Wildman–Crippen LogP) is 2.21. The van der Waals surface area contributed by atoms with E-state index < -0.39 is 5.97 Å². The molecule has 1 fully saturated rings. The monoisotopic (exact) mass is 166 g/mol. The van der Waals surface area contributed by atoms with Crippen molar-refractivity contribution in [3.8, 4) is 0 Å². The molecule has 2 heteroatoms. The highest BCUT2D eigenvalue weighted by Crippen LogP contribution is 2.49. The third-order valence-corrected chi connectivity index (χ3v) is 3.29. The quantitative estimate of drug-likeness (QED) is 0.682. The summed E-state index contributed by atoms with van der Waals surface area (Å²) in [6, 6.07) is 0. The van der Waals surface area contributed by atoms with Gasteiger partial charge in [-0.1, -0.05) is 12.5 Å². The molecule has 0 spiro atoms. The van der Waals surface area contributed by atoms with Gasteiger partial charge in [0.25, 0.3) is 0 Å². The fourth-order valence-electron chi connectivity index (χ4n) is 2.83. The Morgan fingerprint density at radius 2 is 2.17 bits per heavy atom. The molecule has 2 bridgehead atoms. The van der Waals surface area contributed by atoms with Crippen LogP contribution in [0.1, 0.15) is 32.6 Å². The second-order valence-corrected chi connectivity index (χ2v) is 3.80. The van der Waals surface area contributed by atoms with Crippen molar-refractivity contribution in [2.75, 3.05) is 0 Å². The van der Waals surface area contributed by atoms with Gasteiger partial charge in [-0.05, 0) is 37.5 Å². The highest BCUT2D eigenvalue weighted by Gasteiger charge is 2.40. The summed E-state index contributed by atoms with van der Waals surface area (Å²) < 4.78 is 0. The van der Waals surface area contributed by atoms with Crippen LogP contribution in [0.25, 0.3) is 0 Å². The van der Waals surface area contributed by atoms with Gasteiger partial charge in [-0.15, -0.1) is 0 Å². The van der Waals surface area contributed by atoms with E-state index in [1.54, 1.807) is 0 Å². The molecule has 2 nitrogen and oxygen atoms in total. The van der Waals surface area contributed by atoms with Gasteiger partial charge in [0.15, 0.2) is 0 Å². The van der Waals surface area contributed by atoms with Crippen LogP contribution in [-0.2, 0) is 4.79 Å². The summed E-state index contributed by atoms with van der Waals surface area (Å²) in [7, 11) is 0. The van der Waals surface area contributed by atoms with E-state index in [0.717, 1.165) is 24.8 Å². The minimum Gasteiger partial charge on any atom is -0.478 e. The summed E-state index contributed by atoms with van der Waals surface area (Å²) in [6.07, 6.45) is 4.38. The van der Waals surface area contributed by atoms with E-state index in [-0.39, 0.29) is 0 Å². The van der Waals surface area contributed by atoms with Crippen molar-refractivity contribution in [3.63, 3.8) is 0 Å². The molecule has 2 aliphatic rings. The summed E-state index contributed by atoms with van der Waals surface area (Å²) in [4.78, 5) is 10.9. The normalized spacial score (nSPS) is 33.1. The van der Waals surface area contributed by atoms with Gasteiger partial charge in [-0.2, -0.15) is 0 Å². The Morgan fingerprint density at radius 3 is 2.67 bits per heavy atom. The molecule has 0 aliphatic heterocycles. The van der Waals surface area contributed by atoms with Crippen LogP contribution >= 0.6 is 0 Å². The fraction of sp³-hybridized carbons (Fsp3) is 0.700. The molecule has 0 radical (unpaired) electrons. The molecule has 2 rings (SSSR count). The van der Waals surface area contributed by atoms with Crippen LogP contribution in [0, 0.1) is 11.8 Å². The van der Waals surface area contributed by atoms with Crippen LogP contribution in [0.2, 0.25) is 0 Å². The second kappa shape index (κ2) is 2.61. The molecule has 2 aliphatic carbocycles. The highest BCUT2D eigenvalue weighted by atomic mass is 16.4. The summed E-state index contributed by atoms with van der Waals surface area (Å²) in [6.45, 7) is 2.07. The van der Waals surface area contributed by atoms with Crippen LogP contribution in [-0.4, -0.2) is 11.1 Å². The maximum Gasteiger partial charge on any atom is 0.331 e. The zero-order valence-corrected chi connectivity index (χ0v) is 7.34. The smallest absolute Gasteiger partial charge is 0.331 e. The van der Waals surface area contributed by atoms with Crippen molar-refractivity contribution in [2.45, 2.75) is 32.6 Å². The van der Waals surface area contributed by atoms with Gasteiger partial charge in [-0.3, -0.25) is 0 Å². The molecule has 0 heterocycles. The van der Waals surface area contributed by atoms with E-state index in [2.05, 4.69) is 6.92 Å². The molecule has 2 unspecified atom stereocenters. The van der Waals surface area contributed by atoms with Gasteiger partial charge in [0.1, 0.15) is 0 Å². The van der Waals surface area contributed by atoms with Gasteiger partial charge >= 0.3 is 5.97 Å². The Morgan fingerprint density at radius 1 is 1.50 bits per heavy atom. The van der Waals surface area contributed by atoms with Crippen LogP contribution in [0.5, 0.6) is 0 Å². The average molecular weight is 166 g/mol. The molecule has 2 atom stereocenters. The minimum atomic E-state index is -0.668. The molecule has 0 saturated heterocycles. The maximum absolute atomic E-state index is 10.9. The third-order valence-electron chi connectivity index (χ3n) is 3.29. The fourth-order valence-corrected chi connectivity index (χ4v) is 2.83. The first-order valence-corrected chi connectivity index (χ1v) is 4.70. The van der Waals surface area contributed by atoms with Crippen molar-refractivity contribution in [1.29, 1.82) is 0 Å². The first kappa shape index (κ1) is 7.84. The number of aliphatic carboxylic acids is 1. The third kappa shape index (κ3) is 0.904. The molecule has 1 saturated carbocycles. The first-order chi connectivity index (χ1) is 5.74. The number of fused-ring (bicyclic) bond motifs is 2. The van der Waals surface area contributed by atoms with Crippen molar-refractivity contribution < 1.29 is 9.90 Å². The number of carbonyl (C=O) groups is 1. The lowest BCUT2D eigenvalue weighted by atomic mass is 9.90. The number of carboxylic acid groups (broad SMARTS) is 1. The molecule has 1 N–H and O–H groups in total. The molecule has 66 valence electrons. The van der Waals surface area contributed by atoms with Gasteiger partial charge in [0.2, 0.25) is 0 Å². The zero-order valence-electron chi connectivity index (χ0n) is 7.34. The van der Waals surface area contributed by atoms with Crippen molar-refractivity contribution in [1.82, 2.24) is 0 Å². The summed E-state index contributed by atoms with van der Waals surface area (Å²) in [5.41, 5.74) is 1.99. The van der Waals surface area contributed by atoms with Gasteiger partial charge in [0, 0.05) is 5.57 Å². The summed E-state index contributed by atoms with van der Waals surface area (Å²) >= 11 is 0. The second-order valence-electron chi connectivity index (χ2n) is 3.80.